The van der Waals surface area contributed by atoms with Gasteiger partial charge in [-0.25, -0.2) is 0 Å². The first-order valence-corrected chi connectivity index (χ1v) is 13.6. The lowest BCUT2D eigenvalue weighted by atomic mass is 9.95. The second kappa shape index (κ2) is 10.8. The van der Waals surface area contributed by atoms with Crippen LogP contribution in [0.5, 0.6) is 5.75 Å². The fourth-order valence-corrected chi connectivity index (χ4v) is 5.48. The van der Waals surface area contributed by atoms with E-state index in [-0.39, 0.29) is 6.10 Å². The van der Waals surface area contributed by atoms with Gasteiger partial charge in [-0.1, -0.05) is 36.4 Å². The Morgan fingerprint density at radius 3 is 2.58 bits per heavy atom. The quantitative estimate of drug-likeness (QED) is 0.261. The highest BCUT2D eigenvalue weighted by Crippen LogP contribution is 2.39. The molecule has 5 heteroatoms. The normalized spacial score (nSPS) is 15.9. The van der Waals surface area contributed by atoms with Crippen molar-refractivity contribution >= 4 is 16.6 Å². The molecule has 1 saturated carbocycles. The van der Waals surface area contributed by atoms with Gasteiger partial charge in [0.1, 0.15) is 11.8 Å². The molecule has 0 unspecified atom stereocenters. The number of nitriles is 1. The van der Waals surface area contributed by atoms with Crippen molar-refractivity contribution < 1.29 is 9.47 Å². The minimum Gasteiger partial charge on any atom is -0.495 e. The Morgan fingerprint density at radius 1 is 0.947 bits per heavy atom. The minimum atomic E-state index is 0.229. The third kappa shape index (κ3) is 5.37. The van der Waals surface area contributed by atoms with Gasteiger partial charge >= 0.3 is 0 Å². The first-order chi connectivity index (χ1) is 18.7. The van der Waals surface area contributed by atoms with Crippen LogP contribution in [-0.4, -0.2) is 31.3 Å². The Hall–Kier alpha value is -3.88. The molecule has 0 amide bonds. The summed E-state index contributed by atoms with van der Waals surface area (Å²) in [6.07, 6.45) is 6.00. The van der Waals surface area contributed by atoms with Gasteiger partial charge in [-0.05, 0) is 85.5 Å². The summed E-state index contributed by atoms with van der Waals surface area (Å²) in [4.78, 5) is 7.24. The van der Waals surface area contributed by atoms with Crippen molar-refractivity contribution in [3.05, 3.63) is 89.6 Å². The number of hydrogen-bond acceptors (Lipinski definition) is 5. The standard InChI is InChI=1S/C33H33N3O2/c1-37-33-20-26(9-10-27(33)21-34)30-19-24(18-23-6-7-23)8-13-32(30)36-16-14-29(15-17-36)38-22-28-12-11-25-4-2-3-5-31(25)35-28/h2-5,8-13,19-20,23,29H,6-7,14-18,22H2,1H3. The van der Waals surface area contributed by atoms with E-state index in [0.717, 1.165) is 60.4 Å². The lowest BCUT2D eigenvalue weighted by Crippen LogP contribution is -2.37. The Morgan fingerprint density at radius 2 is 1.79 bits per heavy atom. The van der Waals surface area contributed by atoms with Crippen LogP contribution < -0.4 is 9.64 Å². The number of piperidine rings is 1. The van der Waals surface area contributed by atoms with Gasteiger partial charge in [0.2, 0.25) is 0 Å². The molecular formula is C33H33N3O2. The molecule has 0 spiro atoms. The van der Waals surface area contributed by atoms with E-state index >= 15 is 0 Å². The van der Waals surface area contributed by atoms with Crippen molar-refractivity contribution in [3.63, 3.8) is 0 Å². The zero-order chi connectivity index (χ0) is 25.9. The van der Waals surface area contributed by atoms with Crippen LogP contribution >= 0.6 is 0 Å². The van der Waals surface area contributed by atoms with Gasteiger partial charge in [-0.3, -0.25) is 4.98 Å². The van der Waals surface area contributed by atoms with Gasteiger partial charge in [0.05, 0.1) is 36.6 Å². The van der Waals surface area contributed by atoms with Crippen molar-refractivity contribution in [2.45, 2.75) is 44.8 Å². The van der Waals surface area contributed by atoms with Crippen LogP contribution in [-0.2, 0) is 17.8 Å². The summed E-state index contributed by atoms with van der Waals surface area (Å²) in [6.45, 7) is 2.43. The Bertz CT molecular complexity index is 1480. The van der Waals surface area contributed by atoms with E-state index < -0.39 is 0 Å². The maximum atomic E-state index is 9.45. The zero-order valence-corrected chi connectivity index (χ0v) is 21.9. The Kier molecular flexibility index (Phi) is 6.98. The fourth-order valence-electron chi connectivity index (χ4n) is 5.48. The van der Waals surface area contributed by atoms with Gasteiger partial charge in [-0.2, -0.15) is 5.26 Å². The molecular weight excluding hydrogens is 470 g/mol. The third-order valence-corrected chi connectivity index (χ3v) is 7.82. The lowest BCUT2D eigenvalue weighted by molar-refractivity contribution is 0.0236. The molecule has 4 aromatic rings. The molecule has 38 heavy (non-hydrogen) atoms. The highest BCUT2D eigenvalue weighted by Gasteiger charge is 2.25. The van der Waals surface area contributed by atoms with Crippen LogP contribution in [0.3, 0.4) is 0 Å². The average Bonchev–Trinajstić information content (AvgIpc) is 3.80. The van der Waals surface area contributed by atoms with E-state index in [9.17, 15) is 5.26 Å². The fraction of sp³-hybridized carbons (Fsp3) is 0.333. The number of nitrogens with zero attached hydrogens (tertiary/aromatic N) is 3. The summed E-state index contributed by atoms with van der Waals surface area (Å²) in [6, 6.07) is 27.5. The van der Waals surface area contributed by atoms with E-state index in [1.54, 1.807) is 7.11 Å². The maximum Gasteiger partial charge on any atom is 0.137 e. The molecule has 1 aromatic heterocycles. The van der Waals surface area contributed by atoms with Crippen LogP contribution in [0.15, 0.2) is 72.8 Å². The molecule has 0 radical (unpaired) electrons. The van der Waals surface area contributed by atoms with Crippen molar-refractivity contribution in [1.29, 1.82) is 5.26 Å². The third-order valence-electron chi connectivity index (χ3n) is 7.82. The summed E-state index contributed by atoms with van der Waals surface area (Å²) in [5, 5.41) is 10.6. The van der Waals surface area contributed by atoms with Crippen molar-refractivity contribution in [1.82, 2.24) is 4.98 Å². The predicted molar refractivity (Wildman–Crippen MR) is 151 cm³/mol. The lowest BCUT2D eigenvalue weighted by Gasteiger charge is -2.35. The van der Waals surface area contributed by atoms with Gasteiger partial charge in [0, 0.05) is 29.7 Å². The van der Waals surface area contributed by atoms with Gasteiger partial charge < -0.3 is 14.4 Å². The number of fused-ring (bicyclic) bond motifs is 1. The molecule has 2 heterocycles. The number of methoxy groups -OCH3 is 1. The molecule has 2 fully saturated rings. The van der Waals surface area contributed by atoms with E-state index in [0.29, 0.717) is 17.9 Å². The first kappa shape index (κ1) is 24.5. The molecule has 1 aliphatic carbocycles. The van der Waals surface area contributed by atoms with Crippen LogP contribution in [0.4, 0.5) is 5.69 Å². The topological polar surface area (TPSA) is 58.4 Å². The summed E-state index contributed by atoms with van der Waals surface area (Å²) in [5.41, 5.74) is 7.49. The molecule has 1 saturated heterocycles. The second-order valence-corrected chi connectivity index (χ2v) is 10.5. The minimum absolute atomic E-state index is 0.229. The smallest absolute Gasteiger partial charge is 0.137 e. The summed E-state index contributed by atoms with van der Waals surface area (Å²) < 4.78 is 11.8. The molecule has 0 N–H and O–H groups in total. The highest BCUT2D eigenvalue weighted by molar-refractivity contribution is 5.81. The number of aromatic nitrogens is 1. The number of hydrogen-bond donors (Lipinski definition) is 0. The van der Waals surface area contributed by atoms with Crippen molar-refractivity contribution in [2.75, 3.05) is 25.1 Å². The Labute approximate surface area is 224 Å². The number of benzene rings is 3. The second-order valence-electron chi connectivity index (χ2n) is 10.5. The molecule has 0 bridgehead atoms. The first-order valence-electron chi connectivity index (χ1n) is 13.6. The van der Waals surface area contributed by atoms with E-state index in [1.807, 2.05) is 36.4 Å². The summed E-state index contributed by atoms with van der Waals surface area (Å²) in [7, 11) is 1.63. The molecule has 192 valence electrons. The van der Waals surface area contributed by atoms with Crippen molar-refractivity contribution in [2.24, 2.45) is 5.92 Å². The number of anilines is 1. The van der Waals surface area contributed by atoms with Crippen LogP contribution in [0.25, 0.3) is 22.0 Å². The van der Waals surface area contributed by atoms with Gasteiger partial charge in [0.25, 0.3) is 0 Å². The maximum absolute atomic E-state index is 9.45. The molecule has 2 aliphatic rings. The zero-order valence-electron chi connectivity index (χ0n) is 21.9. The van der Waals surface area contributed by atoms with Crippen LogP contribution in [0.1, 0.15) is 42.5 Å². The highest BCUT2D eigenvalue weighted by atomic mass is 16.5. The van der Waals surface area contributed by atoms with Crippen LogP contribution in [0, 0.1) is 17.2 Å². The van der Waals surface area contributed by atoms with E-state index in [2.05, 4.69) is 47.4 Å². The molecule has 6 rings (SSSR count). The molecule has 3 aromatic carbocycles. The van der Waals surface area contributed by atoms with Crippen molar-refractivity contribution in [3.8, 4) is 22.9 Å². The molecule has 1 aliphatic heterocycles. The van der Waals surface area contributed by atoms with E-state index in [1.165, 1.54) is 29.7 Å². The Balaban J connectivity index is 1.17. The summed E-state index contributed by atoms with van der Waals surface area (Å²) in [5.74, 6) is 1.45. The van der Waals surface area contributed by atoms with Gasteiger partial charge in [0.15, 0.2) is 0 Å². The van der Waals surface area contributed by atoms with E-state index in [4.69, 9.17) is 14.5 Å². The largest absolute Gasteiger partial charge is 0.495 e. The average molecular weight is 504 g/mol. The number of pyridine rings is 1. The summed E-state index contributed by atoms with van der Waals surface area (Å²) >= 11 is 0. The predicted octanol–water partition coefficient (Wildman–Crippen LogP) is 6.92. The van der Waals surface area contributed by atoms with Gasteiger partial charge in [-0.15, -0.1) is 0 Å². The number of rotatable bonds is 8. The SMILES string of the molecule is COc1cc(-c2cc(CC3CC3)ccc2N2CCC(OCc3ccc4ccccc4n3)CC2)ccc1C#N. The molecule has 0 atom stereocenters. The van der Waals surface area contributed by atoms with Crippen LogP contribution in [0.2, 0.25) is 0 Å². The monoisotopic (exact) mass is 503 g/mol. The number of ether oxygens (including phenoxy) is 2. The number of para-hydroxylation sites is 1. The molecule has 5 nitrogen and oxygen atoms in total.